The maximum absolute atomic E-state index is 12.6. The van der Waals surface area contributed by atoms with Crippen molar-refractivity contribution < 1.29 is 4.79 Å². The fourth-order valence-electron chi connectivity index (χ4n) is 4.13. The Morgan fingerprint density at radius 2 is 1.96 bits per heavy atom. The topological polar surface area (TPSA) is 38.4 Å². The van der Waals surface area contributed by atoms with E-state index in [1.165, 1.54) is 6.42 Å². The molecule has 1 aliphatic heterocycles. The van der Waals surface area contributed by atoms with E-state index in [2.05, 4.69) is 16.2 Å². The first-order valence-electron chi connectivity index (χ1n) is 8.15. The summed E-state index contributed by atoms with van der Waals surface area (Å²) >= 11 is 0. The van der Waals surface area contributed by atoms with Gasteiger partial charge in [-0.3, -0.25) is 9.36 Å². The van der Waals surface area contributed by atoms with Gasteiger partial charge in [0, 0.05) is 11.3 Å². The minimum absolute atomic E-state index is 0.165. The zero-order valence-corrected chi connectivity index (χ0v) is 13.2. The Morgan fingerprint density at radius 1 is 1.17 bits per heavy atom. The van der Waals surface area contributed by atoms with Crippen LogP contribution in [0.1, 0.15) is 37.7 Å². The molecule has 2 heterocycles. The molecule has 0 unspecified atom stereocenters. The fourth-order valence-corrected chi connectivity index (χ4v) is 4.13. The van der Waals surface area contributed by atoms with E-state index in [0.717, 1.165) is 48.2 Å². The van der Waals surface area contributed by atoms with Crippen LogP contribution in [0.4, 0.5) is 11.5 Å². The van der Waals surface area contributed by atoms with E-state index < -0.39 is 0 Å². The molecule has 0 bridgehead atoms. The normalized spacial score (nSPS) is 18.5. The molecule has 0 saturated heterocycles. The van der Waals surface area contributed by atoms with Crippen molar-refractivity contribution in [1.29, 1.82) is 0 Å². The molecule has 1 aliphatic carbocycles. The summed E-state index contributed by atoms with van der Waals surface area (Å²) in [5.74, 6) is 0.792. The van der Waals surface area contributed by atoms with E-state index in [4.69, 9.17) is 6.57 Å². The molecule has 2 aliphatic rings. The molecule has 1 spiro atoms. The van der Waals surface area contributed by atoms with Crippen molar-refractivity contribution in [3.05, 3.63) is 47.3 Å². The number of carbonyl (C=O) groups excluding carboxylic acids is 1. The highest BCUT2D eigenvalue weighted by Crippen LogP contribution is 2.48. The first kappa shape index (κ1) is 14.1. The van der Waals surface area contributed by atoms with Gasteiger partial charge in [-0.15, -0.1) is 0 Å². The number of amides is 1. The second-order valence-electron chi connectivity index (χ2n) is 6.60. The Kier molecular flexibility index (Phi) is 3.05. The summed E-state index contributed by atoms with van der Waals surface area (Å²) < 4.78 is 1.91. The van der Waals surface area contributed by atoms with Crippen molar-refractivity contribution in [2.75, 3.05) is 5.32 Å². The van der Waals surface area contributed by atoms with Gasteiger partial charge in [0.25, 0.3) is 0 Å². The number of nitrogens with one attached hydrogen (secondary N) is 1. The van der Waals surface area contributed by atoms with Gasteiger partial charge in [-0.05, 0) is 48.7 Å². The quantitative estimate of drug-likeness (QED) is 0.779. The highest BCUT2D eigenvalue weighted by molar-refractivity contribution is 6.06. The summed E-state index contributed by atoms with van der Waals surface area (Å²) in [6.45, 7) is 7.21. The largest absolute Gasteiger partial charge is 0.364 e. The lowest BCUT2D eigenvalue weighted by Crippen LogP contribution is -2.36. The number of hydrogen-bond donors (Lipinski definition) is 1. The van der Waals surface area contributed by atoms with Crippen molar-refractivity contribution >= 4 is 17.4 Å². The first-order chi connectivity index (χ1) is 11.2. The van der Waals surface area contributed by atoms with E-state index in [1.807, 2.05) is 35.9 Å². The molecule has 0 radical (unpaired) electrons. The van der Waals surface area contributed by atoms with Gasteiger partial charge >= 0.3 is 0 Å². The third-order valence-corrected chi connectivity index (χ3v) is 5.43. The average Bonchev–Trinajstić information content (AvgIpc) is 3.07. The zero-order valence-electron chi connectivity index (χ0n) is 13.2. The second-order valence-corrected chi connectivity index (χ2v) is 6.60. The molecule has 0 atom stereocenters. The molecule has 4 heteroatoms. The van der Waals surface area contributed by atoms with E-state index in [-0.39, 0.29) is 11.3 Å². The predicted octanol–water partition coefficient (Wildman–Crippen LogP) is 4.40. The van der Waals surface area contributed by atoms with E-state index in [9.17, 15) is 4.79 Å². The summed E-state index contributed by atoms with van der Waals surface area (Å²) in [6.07, 6.45) is 5.33. The van der Waals surface area contributed by atoms with Crippen molar-refractivity contribution in [3.63, 3.8) is 0 Å². The average molecular weight is 305 g/mol. The maximum atomic E-state index is 12.6. The maximum Gasteiger partial charge on any atom is 0.235 e. The number of aromatic nitrogens is 1. The minimum atomic E-state index is -0.336. The van der Waals surface area contributed by atoms with Gasteiger partial charge < -0.3 is 10.2 Å². The summed E-state index contributed by atoms with van der Waals surface area (Å²) in [5.41, 5.74) is 3.86. The number of fused-ring (bicyclic) bond motifs is 2. The Labute approximate surface area is 135 Å². The van der Waals surface area contributed by atoms with Crippen LogP contribution in [-0.4, -0.2) is 10.5 Å². The Morgan fingerprint density at radius 3 is 2.65 bits per heavy atom. The summed E-state index contributed by atoms with van der Waals surface area (Å²) in [6, 6.07) is 10.0. The second kappa shape index (κ2) is 4.99. The number of hydrogen-bond acceptors (Lipinski definition) is 1. The number of benzene rings is 1. The molecule has 23 heavy (non-hydrogen) atoms. The molecule has 2 aromatic rings. The van der Waals surface area contributed by atoms with Crippen LogP contribution < -0.4 is 5.32 Å². The summed E-state index contributed by atoms with van der Waals surface area (Å²) in [7, 11) is 1.91. The number of anilines is 1. The van der Waals surface area contributed by atoms with Crippen molar-refractivity contribution in [2.45, 2.75) is 37.5 Å². The smallest absolute Gasteiger partial charge is 0.235 e. The summed E-state index contributed by atoms with van der Waals surface area (Å²) in [4.78, 5) is 16.1. The van der Waals surface area contributed by atoms with Crippen LogP contribution in [0.2, 0.25) is 0 Å². The predicted molar refractivity (Wildman–Crippen MR) is 90.5 cm³/mol. The summed E-state index contributed by atoms with van der Waals surface area (Å²) in [5, 5.41) is 3.07. The van der Waals surface area contributed by atoms with Crippen LogP contribution in [0.5, 0.6) is 0 Å². The van der Waals surface area contributed by atoms with Crippen molar-refractivity contribution in [1.82, 2.24) is 4.57 Å². The third kappa shape index (κ3) is 1.93. The highest BCUT2D eigenvalue weighted by atomic mass is 16.2. The SMILES string of the molecule is [C-]#[N+]c1ccc(-c2ccc3c(c2)C2(CCCCC2)C(=O)N3)n1C. The molecular weight excluding hydrogens is 286 g/mol. The minimum Gasteiger partial charge on any atom is -0.364 e. The third-order valence-electron chi connectivity index (χ3n) is 5.43. The molecule has 1 N–H and O–H groups in total. The monoisotopic (exact) mass is 305 g/mol. The Bertz CT molecular complexity index is 835. The lowest BCUT2D eigenvalue weighted by Gasteiger charge is -2.31. The molecule has 116 valence electrons. The van der Waals surface area contributed by atoms with Gasteiger partial charge in [0.2, 0.25) is 11.7 Å². The molecule has 1 aromatic heterocycles. The van der Waals surface area contributed by atoms with Gasteiger partial charge in [-0.1, -0.05) is 25.8 Å². The van der Waals surface area contributed by atoms with E-state index in [0.29, 0.717) is 5.82 Å². The van der Waals surface area contributed by atoms with Gasteiger partial charge in [0.05, 0.1) is 12.5 Å². The first-order valence-corrected chi connectivity index (χ1v) is 8.15. The van der Waals surface area contributed by atoms with E-state index >= 15 is 0 Å². The standard InChI is InChI=1S/C19H19N3O/c1-20-17-9-8-16(22(17)2)13-6-7-15-14(12-13)19(18(23)21-15)10-4-3-5-11-19/h6-9,12H,3-5,10-11H2,2H3,(H,21,23). The zero-order chi connectivity index (χ0) is 16.0. The van der Waals surface area contributed by atoms with Crippen LogP contribution in [0.3, 0.4) is 0 Å². The van der Waals surface area contributed by atoms with Gasteiger partial charge in [-0.25, -0.2) is 0 Å². The van der Waals surface area contributed by atoms with Gasteiger partial charge in [-0.2, -0.15) is 0 Å². The van der Waals surface area contributed by atoms with Gasteiger partial charge in [0.15, 0.2) is 0 Å². The molecule has 1 aromatic carbocycles. The molecule has 1 saturated carbocycles. The van der Waals surface area contributed by atoms with Crippen LogP contribution in [0.15, 0.2) is 30.3 Å². The van der Waals surface area contributed by atoms with Crippen molar-refractivity contribution in [3.8, 4) is 11.3 Å². The fraction of sp³-hybridized carbons (Fsp3) is 0.368. The van der Waals surface area contributed by atoms with Crippen molar-refractivity contribution in [2.24, 2.45) is 7.05 Å². The molecule has 4 rings (SSSR count). The lowest BCUT2D eigenvalue weighted by atomic mass is 9.70. The van der Waals surface area contributed by atoms with Gasteiger partial charge in [0.1, 0.15) is 5.69 Å². The number of rotatable bonds is 1. The van der Waals surface area contributed by atoms with Crippen LogP contribution in [0, 0.1) is 6.57 Å². The molecule has 4 nitrogen and oxygen atoms in total. The molecule has 1 amide bonds. The highest BCUT2D eigenvalue weighted by Gasteiger charge is 2.47. The Balaban J connectivity index is 1.84. The molecular formula is C19H19N3O. The van der Waals surface area contributed by atoms with Crippen LogP contribution in [-0.2, 0) is 17.3 Å². The Hall–Kier alpha value is -2.54. The number of carbonyl (C=O) groups is 1. The molecule has 1 fully saturated rings. The van der Waals surface area contributed by atoms with Crippen LogP contribution >= 0.6 is 0 Å². The van der Waals surface area contributed by atoms with Crippen LogP contribution in [0.25, 0.3) is 16.1 Å². The number of nitrogens with zero attached hydrogens (tertiary/aromatic N) is 2. The lowest BCUT2D eigenvalue weighted by molar-refractivity contribution is -0.121. The van der Waals surface area contributed by atoms with E-state index in [1.54, 1.807) is 0 Å².